The number of nitrogens with zero attached hydrogens (tertiary/aromatic N) is 2. The van der Waals surface area contributed by atoms with E-state index in [0.29, 0.717) is 16.5 Å². The third kappa shape index (κ3) is 6.51. The van der Waals surface area contributed by atoms with E-state index in [1.807, 2.05) is 6.07 Å². The van der Waals surface area contributed by atoms with Crippen molar-refractivity contribution in [2.24, 2.45) is 0 Å². The number of sulfonamides is 1. The second-order valence-electron chi connectivity index (χ2n) is 8.48. The van der Waals surface area contributed by atoms with Gasteiger partial charge < -0.3 is 14.8 Å². The van der Waals surface area contributed by atoms with E-state index in [0.717, 1.165) is 0 Å². The third-order valence-corrected chi connectivity index (χ3v) is 6.95. The Morgan fingerprint density at radius 1 is 1.18 bits per heavy atom. The Bertz CT molecular complexity index is 1190. The zero-order valence-electron chi connectivity index (χ0n) is 18.3. The van der Waals surface area contributed by atoms with Gasteiger partial charge in [0.25, 0.3) is 0 Å². The van der Waals surface area contributed by atoms with E-state index in [-0.39, 0.29) is 35.0 Å². The largest absolute Gasteiger partial charge is 0.456 e. The van der Waals surface area contributed by atoms with Crippen LogP contribution in [-0.4, -0.2) is 43.5 Å². The Kier molecular flexibility index (Phi) is 7.44. The number of carbonyl (C=O) groups is 1. The highest BCUT2D eigenvalue weighted by Crippen LogP contribution is 2.35. The van der Waals surface area contributed by atoms with Gasteiger partial charge in [0.1, 0.15) is 22.0 Å². The predicted octanol–water partition coefficient (Wildman–Crippen LogP) is 4.95. The molecule has 0 radical (unpaired) electrons. The van der Waals surface area contributed by atoms with Gasteiger partial charge in [0.05, 0.1) is 11.6 Å². The average molecular weight is 512 g/mol. The first-order valence-electron chi connectivity index (χ1n) is 10.0. The van der Waals surface area contributed by atoms with Crippen molar-refractivity contribution in [3.63, 3.8) is 0 Å². The Balaban J connectivity index is 1.85. The molecule has 0 spiro atoms. The summed E-state index contributed by atoms with van der Waals surface area (Å²) >= 11 is 12.0. The van der Waals surface area contributed by atoms with Crippen LogP contribution in [0.1, 0.15) is 32.8 Å². The minimum absolute atomic E-state index is 0.0240. The molecule has 1 unspecified atom stereocenters. The molecule has 8 nitrogen and oxygen atoms in total. The van der Waals surface area contributed by atoms with Crippen molar-refractivity contribution in [1.29, 1.82) is 5.26 Å². The molecule has 0 aliphatic carbocycles. The number of hydrogen-bond donors (Lipinski definition) is 1. The summed E-state index contributed by atoms with van der Waals surface area (Å²) in [5, 5.41) is 12.6. The number of ether oxygens (including phenoxy) is 2. The molecule has 1 saturated heterocycles. The first-order chi connectivity index (χ1) is 15.4. The van der Waals surface area contributed by atoms with Gasteiger partial charge in [0.2, 0.25) is 10.0 Å². The summed E-state index contributed by atoms with van der Waals surface area (Å²) in [6.45, 7) is 5.47. The molecule has 2 aromatic carbocycles. The Hall–Kier alpha value is -2.51. The maximum atomic E-state index is 13.4. The van der Waals surface area contributed by atoms with Crippen molar-refractivity contribution in [3.8, 4) is 17.6 Å². The van der Waals surface area contributed by atoms with Crippen molar-refractivity contribution >= 4 is 39.3 Å². The molecule has 1 aliphatic rings. The average Bonchev–Trinajstić information content (AvgIpc) is 3.15. The van der Waals surface area contributed by atoms with Gasteiger partial charge in [-0.1, -0.05) is 23.2 Å². The van der Waals surface area contributed by atoms with E-state index in [1.54, 1.807) is 20.8 Å². The van der Waals surface area contributed by atoms with Gasteiger partial charge in [-0.05, 0) is 63.6 Å². The summed E-state index contributed by atoms with van der Waals surface area (Å²) < 4.78 is 39.2. The van der Waals surface area contributed by atoms with Gasteiger partial charge in [-0.25, -0.2) is 13.2 Å². The Morgan fingerprint density at radius 2 is 1.85 bits per heavy atom. The number of nitriles is 1. The Labute approximate surface area is 203 Å². The van der Waals surface area contributed by atoms with E-state index < -0.39 is 27.8 Å². The lowest BCUT2D eigenvalue weighted by Gasteiger charge is -2.22. The fraction of sp³-hybridized carbons (Fsp3) is 0.364. The summed E-state index contributed by atoms with van der Waals surface area (Å²) in [5.41, 5.74) is -0.505. The zero-order chi connectivity index (χ0) is 24.4. The molecule has 0 bridgehead atoms. The summed E-state index contributed by atoms with van der Waals surface area (Å²) in [6, 6.07) is 10.2. The normalized spacial score (nSPS) is 16.8. The van der Waals surface area contributed by atoms with E-state index in [1.165, 1.54) is 40.7 Å². The monoisotopic (exact) mass is 511 g/mol. The minimum Gasteiger partial charge on any atom is -0.456 e. The molecule has 2 aromatic rings. The first kappa shape index (κ1) is 25.1. The molecule has 11 heteroatoms. The molecule has 3 rings (SSSR count). The van der Waals surface area contributed by atoms with E-state index in [9.17, 15) is 18.5 Å². The third-order valence-electron chi connectivity index (χ3n) is 4.63. The van der Waals surface area contributed by atoms with E-state index >= 15 is 0 Å². The fourth-order valence-corrected chi connectivity index (χ4v) is 5.40. The van der Waals surface area contributed by atoms with Crippen LogP contribution in [0, 0.1) is 11.3 Å². The van der Waals surface area contributed by atoms with Gasteiger partial charge in [-0.3, -0.25) is 0 Å². The van der Waals surface area contributed by atoms with Crippen LogP contribution in [0.5, 0.6) is 11.5 Å². The van der Waals surface area contributed by atoms with Crippen LogP contribution in [0.25, 0.3) is 0 Å². The number of carbonyl (C=O) groups excluding carboxylic acids is 1. The van der Waals surface area contributed by atoms with Crippen molar-refractivity contribution in [2.45, 2.75) is 43.7 Å². The minimum atomic E-state index is -4.05. The molecule has 0 aromatic heterocycles. The SMILES string of the molecule is CC(C)(C)OC(=O)NC1CCN(S(=O)(=O)c2cc(C#N)ccc2Oc2cc(Cl)cc(Cl)c2)C1. The van der Waals surface area contributed by atoms with Crippen molar-refractivity contribution in [3.05, 3.63) is 52.0 Å². The second kappa shape index (κ2) is 9.77. The van der Waals surface area contributed by atoms with Crippen LogP contribution in [0.3, 0.4) is 0 Å². The molecular formula is C22H23Cl2N3O5S. The molecule has 0 saturated carbocycles. The van der Waals surface area contributed by atoms with Crippen molar-refractivity contribution in [2.75, 3.05) is 13.1 Å². The quantitative estimate of drug-likeness (QED) is 0.608. The molecule has 176 valence electrons. The Morgan fingerprint density at radius 3 is 2.45 bits per heavy atom. The zero-order valence-corrected chi connectivity index (χ0v) is 20.6. The summed E-state index contributed by atoms with van der Waals surface area (Å²) in [7, 11) is -4.05. The molecule has 1 heterocycles. The lowest BCUT2D eigenvalue weighted by molar-refractivity contribution is 0.0507. The summed E-state index contributed by atoms with van der Waals surface area (Å²) in [5.74, 6) is 0.274. The van der Waals surface area contributed by atoms with Crippen molar-refractivity contribution in [1.82, 2.24) is 9.62 Å². The van der Waals surface area contributed by atoms with E-state index in [2.05, 4.69) is 5.32 Å². The maximum Gasteiger partial charge on any atom is 0.407 e. The second-order valence-corrected chi connectivity index (χ2v) is 11.3. The van der Waals surface area contributed by atoms with E-state index in [4.69, 9.17) is 32.7 Å². The fourth-order valence-electron chi connectivity index (χ4n) is 3.26. The van der Waals surface area contributed by atoms with Crippen LogP contribution in [-0.2, 0) is 14.8 Å². The predicted molar refractivity (Wildman–Crippen MR) is 124 cm³/mol. The summed E-state index contributed by atoms with van der Waals surface area (Å²) in [6.07, 6.45) is -0.198. The number of alkyl carbamates (subject to hydrolysis) is 1. The highest BCUT2D eigenvalue weighted by Gasteiger charge is 2.36. The number of amides is 1. The van der Waals surface area contributed by atoms with Gasteiger partial charge in [0.15, 0.2) is 0 Å². The highest BCUT2D eigenvalue weighted by atomic mass is 35.5. The molecule has 1 N–H and O–H groups in total. The topological polar surface area (TPSA) is 109 Å². The number of hydrogen-bond acceptors (Lipinski definition) is 6. The molecule has 1 atom stereocenters. The lowest BCUT2D eigenvalue weighted by atomic mass is 10.2. The smallest absolute Gasteiger partial charge is 0.407 e. The standard InChI is InChI=1S/C22H23Cl2N3O5S/c1-22(2,3)32-21(28)26-17-6-7-27(13-17)33(29,30)20-8-14(12-25)4-5-19(20)31-18-10-15(23)9-16(24)11-18/h4-5,8-11,17H,6-7,13H2,1-3H3,(H,26,28). The number of benzene rings is 2. The lowest BCUT2D eigenvalue weighted by Crippen LogP contribution is -2.41. The first-order valence-corrected chi connectivity index (χ1v) is 12.2. The molecule has 1 fully saturated rings. The van der Waals surface area contributed by atoms with Crippen LogP contribution in [0.4, 0.5) is 4.79 Å². The summed E-state index contributed by atoms with van der Waals surface area (Å²) in [4.78, 5) is 11.9. The highest BCUT2D eigenvalue weighted by molar-refractivity contribution is 7.89. The molecule has 33 heavy (non-hydrogen) atoms. The maximum absolute atomic E-state index is 13.4. The number of nitrogens with one attached hydrogen (secondary N) is 1. The van der Waals surface area contributed by atoms with Crippen LogP contribution < -0.4 is 10.1 Å². The van der Waals surface area contributed by atoms with Crippen LogP contribution >= 0.6 is 23.2 Å². The van der Waals surface area contributed by atoms with Crippen LogP contribution in [0.15, 0.2) is 41.3 Å². The van der Waals surface area contributed by atoms with Gasteiger partial charge >= 0.3 is 6.09 Å². The number of rotatable bonds is 5. The molecule has 1 amide bonds. The molecular weight excluding hydrogens is 489 g/mol. The van der Waals surface area contributed by atoms with Gasteiger partial charge in [-0.2, -0.15) is 9.57 Å². The van der Waals surface area contributed by atoms with Gasteiger partial charge in [-0.15, -0.1) is 0 Å². The van der Waals surface area contributed by atoms with Gasteiger partial charge in [0, 0.05) is 29.2 Å². The van der Waals surface area contributed by atoms with Crippen molar-refractivity contribution < 1.29 is 22.7 Å². The molecule has 1 aliphatic heterocycles. The van der Waals surface area contributed by atoms with Crippen LogP contribution in [0.2, 0.25) is 10.0 Å². The number of halogens is 2.